The van der Waals surface area contributed by atoms with E-state index < -0.39 is 16.0 Å². The van der Waals surface area contributed by atoms with E-state index in [2.05, 4.69) is 4.72 Å². The fraction of sp³-hybridized carbons (Fsp3) is 0.0741. The molecular weight excluding hydrogens is 434 g/mol. The number of hydrogen-bond acceptors (Lipinski definition) is 3. The predicted molar refractivity (Wildman–Crippen MR) is 130 cm³/mol. The SMILES string of the molecule is O=C(O)c1ccccc1CCc1ccc(NS(=O)(=O)c2ccc(-c3ccccc3)cc2)cc1. The number of aryl methyl sites for hydroxylation is 2. The summed E-state index contributed by atoms with van der Waals surface area (Å²) in [5.74, 6) is -0.938. The fourth-order valence-electron chi connectivity index (χ4n) is 3.64. The Hall–Kier alpha value is -3.90. The number of rotatable bonds is 8. The van der Waals surface area contributed by atoms with Crippen LogP contribution in [0.1, 0.15) is 21.5 Å². The Morgan fingerprint density at radius 1 is 0.697 bits per heavy atom. The molecule has 4 aromatic rings. The van der Waals surface area contributed by atoms with Gasteiger partial charge in [0.2, 0.25) is 0 Å². The van der Waals surface area contributed by atoms with Crippen LogP contribution in [0.5, 0.6) is 0 Å². The number of aromatic carboxylic acids is 1. The molecule has 0 radical (unpaired) electrons. The molecule has 0 aromatic heterocycles. The number of sulfonamides is 1. The van der Waals surface area contributed by atoms with E-state index in [-0.39, 0.29) is 4.90 Å². The first kappa shape index (κ1) is 22.3. The third-order valence-corrected chi connectivity index (χ3v) is 6.81. The van der Waals surface area contributed by atoms with Gasteiger partial charge in [0, 0.05) is 5.69 Å². The Morgan fingerprint density at radius 3 is 1.97 bits per heavy atom. The lowest BCUT2D eigenvalue weighted by Crippen LogP contribution is -2.12. The summed E-state index contributed by atoms with van der Waals surface area (Å²) in [6.07, 6.45) is 1.24. The molecule has 0 fully saturated rings. The quantitative estimate of drug-likeness (QED) is 0.359. The highest BCUT2D eigenvalue weighted by Gasteiger charge is 2.14. The summed E-state index contributed by atoms with van der Waals surface area (Å²) in [6, 6.07) is 30.6. The topological polar surface area (TPSA) is 83.5 Å². The van der Waals surface area contributed by atoms with E-state index >= 15 is 0 Å². The van der Waals surface area contributed by atoms with E-state index in [0.29, 0.717) is 24.1 Å². The molecule has 0 spiro atoms. The fourth-order valence-corrected chi connectivity index (χ4v) is 4.70. The van der Waals surface area contributed by atoms with Crippen molar-refractivity contribution in [1.82, 2.24) is 0 Å². The predicted octanol–water partition coefficient (Wildman–Crippen LogP) is 5.64. The zero-order valence-electron chi connectivity index (χ0n) is 17.8. The average Bonchev–Trinajstić information content (AvgIpc) is 2.84. The van der Waals surface area contributed by atoms with Crippen LogP contribution in [0.25, 0.3) is 11.1 Å². The van der Waals surface area contributed by atoms with Gasteiger partial charge in [0.05, 0.1) is 10.5 Å². The minimum absolute atomic E-state index is 0.191. The number of anilines is 1. The summed E-state index contributed by atoms with van der Waals surface area (Å²) in [5, 5.41) is 9.31. The molecule has 0 atom stereocenters. The highest BCUT2D eigenvalue weighted by Crippen LogP contribution is 2.23. The molecule has 0 unspecified atom stereocenters. The zero-order valence-corrected chi connectivity index (χ0v) is 18.6. The molecule has 0 bridgehead atoms. The number of benzene rings is 4. The van der Waals surface area contributed by atoms with Crippen LogP contribution in [0, 0.1) is 0 Å². The number of carbonyl (C=O) groups is 1. The first-order chi connectivity index (χ1) is 15.9. The van der Waals surface area contributed by atoms with E-state index in [1.165, 1.54) is 0 Å². The van der Waals surface area contributed by atoms with Crippen molar-refractivity contribution in [3.8, 4) is 11.1 Å². The summed E-state index contributed by atoms with van der Waals surface area (Å²) < 4.78 is 28.2. The summed E-state index contributed by atoms with van der Waals surface area (Å²) in [5.41, 5.74) is 4.51. The Labute approximate surface area is 193 Å². The van der Waals surface area contributed by atoms with E-state index in [0.717, 1.165) is 22.3 Å². The second kappa shape index (κ2) is 9.71. The smallest absolute Gasteiger partial charge is 0.335 e. The standard InChI is InChI=1S/C27H23NO4S/c29-27(30)26-9-5-4-8-23(26)13-10-20-11-16-24(17-12-20)28-33(31,32)25-18-14-22(15-19-25)21-6-2-1-3-7-21/h1-9,11-12,14-19,28H,10,13H2,(H,29,30). The van der Waals surface area contributed by atoms with Gasteiger partial charge in [-0.05, 0) is 65.4 Å². The first-order valence-corrected chi connectivity index (χ1v) is 12.0. The van der Waals surface area contributed by atoms with Crippen LogP contribution in [-0.4, -0.2) is 19.5 Å². The Balaban J connectivity index is 1.41. The minimum atomic E-state index is -3.71. The summed E-state index contributed by atoms with van der Waals surface area (Å²) in [6.45, 7) is 0. The maximum Gasteiger partial charge on any atom is 0.335 e. The first-order valence-electron chi connectivity index (χ1n) is 10.5. The highest BCUT2D eigenvalue weighted by molar-refractivity contribution is 7.92. The molecule has 0 heterocycles. The molecule has 6 heteroatoms. The molecule has 0 amide bonds. The van der Waals surface area contributed by atoms with Crippen LogP contribution in [0.15, 0.2) is 108 Å². The van der Waals surface area contributed by atoms with Crippen molar-refractivity contribution in [2.45, 2.75) is 17.7 Å². The third kappa shape index (κ3) is 5.48. The van der Waals surface area contributed by atoms with Crippen molar-refractivity contribution in [3.05, 3.63) is 120 Å². The molecule has 33 heavy (non-hydrogen) atoms. The summed E-state index contributed by atoms with van der Waals surface area (Å²) in [7, 11) is -3.71. The van der Waals surface area contributed by atoms with Crippen molar-refractivity contribution in [2.75, 3.05) is 4.72 Å². The molecule has 0 aliphatic heterocycles. The van der Waals surface area contributed by atoms with E-state index in [1.54, 1.807) is 48.5 Å². The lowest BCUT2D eigenvalue weighted by Gasteiger charge is -2.10. The van der Waals surface area contributed by atoms with Crippen molar-refractivity contribution in [3.63, 3.8) is 0 Å². The average molecular weight is 458 g/mol. The number of hydrogen-bond donors (Lipinski definition) is 2. The van der Waals surface area contributed by atoms with Crippen LogP contribution in [0.4, 0.5) is 5.69 Å². The maximum absolute atomic E-state index is 12.8. The van der Waals surface area contributed by atoms with E-state index in [4.69, 9.17) is 0 Å². The lowest BCUT2D eigenvalue weighted by atomic mass is 10.00. The summed E-state index contributed by atoms with van der Waals surface area (Å²) >= 11 is 0. The molecule has 0 aliphatic carbocycles. The third-order valence-electron chi connectivity index (χ3n) is 5.41. The van der Waals surface area contributed by atoms with Crippen molar-refractivity contribution in [2.24, 2.45) is 0 Å². The Bertz CT molecular complexity index is 1350. The largest absolute Gasteiger partial charge is 0.478 e. The summed E-state index contributed by atoms with van der Waals surface area (Å²) in [4.78, 5) is 11.5. The van der Waals surface area contributed by atoms with Gasteiger partial charge in [0.1, 0.15) is 0 Å². The molecule has 4 aromatic carbocycles. The van der Waals surface area contributed by atoms with Gasteiger partial charge in [0.15, 0.2) is 0 Å². The van der Waals surface area contributed by atoms with Crippen molar-refractivity contribution >= 4 is 21.7 Å². The monoisotopic (exact) mass is 457 g/mol. The molecule has 0 aliphatic rings. The number of carboxylic acids is 1. The van der Waals surface area contributed by atoms with Gasteiger partial charge in [-0.15, -0.1) is 0 Å². The van der Waals surface area contributed by atoms with Gasteiger partial charge < -0.3 is 5.11 Å². The second-order valence-electron chi connectivity index (χ2n) is 7.66. The molecule has 0 saturated carbocycles. The maximum atomic E-state index is 12.8. The van der Waals surface area contributed by atoms with E-state index in [9.17, 15) is 18.3 Å². The van der Waals surface area contributed by atoms with Gasteiger partial charge >= 0.3 is 5.97 Å². The molecule has 166 valence electrons. The van der Waals surface area contributed by atoms with Gasteiger partial charge in [-0.2, -0.15) is 0 Å². The van der Waals surface area contributed by atoms with Gasteiger partial charge in [-0.25, -0.2) is 13.2 Å². The Kier molecular flexibility index (Phi) is 6.56. The number of nitrogens with one attached hydrogen (secondary N) is 1. The molecule has 2 N–H and O–H groups in total. The lowest BCUT2D eigenvalue weighted by molar-refractivity contribution is 0.0695. The van der Waals surface area contributed by atoms with Crippen LogP contribution in [0.3, 0.4) is 0 Å². The van der Waals surface area contributed by atoms with Crippen molar-refractivity contribution < 1.29 is 18.3 Å². The second-order valence-corrected chi connectivity index (χ2v) is 9.34. The molecular formula is C27H23NO4S. The van der Waals surface area contributed by atoms with Crippen LogP contribution in [0.2, 0.25) is 0 Å². The molecule has 0 saturated heterocycles. The van der Waals surface area contributed by atoms with Gasteiger partial charge in [-0.3, -0.25) is 4.72 Å². The van der Waals surface area contributed by atoms with Crippen LogP contribution < -0.4 is 4.72 Å². The molecule has 4 rings (SSSR count). The normalized spacial score (nSPS) is 11.2. The molecule has 5 nitrogen and oxygen atoms in total. The van der Waals surface area contributed by atoms with Crippen LogP contribution >= 0.6 is 0 Å². The minimum Gasteiger partial charge on any atom is -0.478 e. The van der Waals surface area contributed by atoms with Crippen molar-refractivity contribution in [1.29, 1.82) is 0 Å². The number of carboxylic acid groups (broad SMARTS) is 1. The zero-order chi connectivity index (χ0) is 23.3. The Morgan fingerprint density at radius 2 is 1.30 bits per heavy atom. The van der Waals surface area contributed by atoms with Gasteiger partial charge in [0.25, 0.3) is 10.0 Å². The van der Waals surface area contributed by atoms with E-state index in [1.807, 2.05) is 54.6 Å². The van der Waals surface area contributed by atoms with Gasteiger partial charge in [-0.1, -0.05) is 72.8 Å². The van der Waals surface area contributed by atoms with Crippen LogP contribution in [-0.2, 0) is 22.9 Å². The highest BCUT2D eigenvalue weighted by atomic mass is 32.2.